The molecule has 3 aromatic rings. The van der Waals surface area contributed by atoms with Gasteiger partial charge in [0.1, 0.15) is 11.4 Å². The van der Waals surface area contributed by atoms with Crippen molar-refractivity contribution in [2.24, 2.45) is 0 Å². The third-order valence-corrected chi connectivity index (χ3v) is 6.67. The van der Waals surface area contributed by atoms with Crippen LogP contribution in [0.15, 0.2) is 41.5 Å². The molecule has 0 bridgehead atoms. The second-order valence-corrected chi connectivity index (χ2v) is 8.52. The number of halogens is 1. The van der Waals surface area contributed by atoms with Crippen molar-refractivity contribution in [3.8, 4) is 0 Å². The van der Waals surface area contributed by atoms with Gasteiger partial charge in [-0.1, -0.05) is 36.7 Å². The Kier molecular flexibility index (Phi) is 4.78. The minimum absolute atomic E-state index is 0.0301. The van der Waals surface area contributed by atoms with Gasteiger partial charge < -0.3 is 5.32 Å². The van der Waals surface area contributed by atoms with Crippen LogP contribution in [0.25, 0.3) is 10.2 Å². The van der Waals surface area contributed by atoms with E-state index in [1.807, 2.05) is 37.3 Å². The van der Waals surface area contributed by atoms with Crippen LogP contribution in [0.5, 0.6) is 0 Å². The Bertz CT molecular complexity index is 1070. The van der Waals surface area contributed by atoms with E-state index in [2.05, 4.69) is 10.3 Å². The number of hydrogen-bond acceptors (Lipinski definition) is 4. The van der Waals surface area contributed by atoms with Crippen molar-refractivity contribution in [3.05, 3.63) is 62.5 Å². The van der Waals surface area contributed by atoms with Crippen molar-refractivity contribution < 1.29 is 4.79 Å². The average molecular weight is 402 g/mol. The number of carbonyl (C=O) groups excluding carboxylic acids is 1. The quantitative estimate of drug-likeness (QED) is 0.687. The van der Waals surface area contributed by atoms with Gasteiger partial charge in [0.05, 0.1) is 11.7 Å². The van der Waals surface area contributed by atoms with Gasteiger partial charge in [-0.3, -0.25) is 14.2 Å². The molecule has 1 fully saturated rings. The van der Waals surface area contributed by atoms with Crippen LogP contribution < -0.4 is 10.9 Å². The monoisotopic (exact) mass is 401 g/mol. The summed E-state index contributed by atoms with van der Waals surface area (Å²) in [6.07, 6.45) is 4.32. The molecule has 7 heteroatoms. The fourth-order valence-corrected chi connectivity index (χ4v) is 4.62. The maximum Gasteiger partial charge on any atom is 0.262 e. The molecule has 0 atom stereocenters. The molecule has 5 nitrogen and oxygen atoms in total. The molecular weight excluding hydrogens is 382 g/mol. The van der Waals surface area contributed by atoms with E-state index in [9.17, 15) is 9.59 Å². The second kappa shape index (κ2) is 7.09. The number of fused-ring (bicyclic) bond motifs is 1. The molecule has 1 aliphatic rings. The molecule has 0 aliphatic heterocycles. The number of thiophene rings is 1. The molecule has 1 aromatic carbocycles. The van der Waals surface area contributed by atoms with Gasteiger partial charge in [0.25, 0.3) is 5.56 Å². The summed E-state index contributed by atoms with van der Waals surface area (Å²) >= 11 is 7.84. The lowest BCUT2D eigenvalue weighted by Crippen LogP contribution is -2.36. The zero-order valence-electron chi connectivity index (χ0n) is 15.0. The van der Waals surface area contributed by atoms with Crippen molar-refractivity contribution in [2.75, 3.05) is 6.54 Å². The lowest BCUT2D eigenvalue weighted by molar-refractivity contribution is -0.121. The minimum atomic E-state index is -0.192. The number of benzene rings is 1. The summed E-state index contributed by atoms with van der Waals surface area (Å²) in [4.78, 5) is 31.2. The van der Waals surface area contributed by atoms with Crippen LogP contribution in [0.1, 0.15) is 30.2 Å². The van der Waals surface area contributed by atoms with Crippen molar-refractivity contribution in [1.29, 1.82) is 0 Å². The van der Waals surface area contributed by atoms with Gasteiger partial charge in [-0.25, -0.2) is 4.98 Å². The number of amides is 1. The van der Waals surface area contributed by atoms with Gasteiger partial charge in [-0.2, -0.15) is 0 Å². The number of aryl methyl sites for hydroxylation is 1. The largest absolute Gasteiger partial charge is 0.354 e. The predicted octanol–water partition coefficient (Wildman–Crippen LogP) is 3.52. The van der Waals surface area contributed by atoms with E-state index in [0.717, 1.165) is 39.6 Å². The van der Waals surface area contributed by atoms with Gasteiger partial charge >= 0.3 is 0 Å². The SMILES string of the molecule is CCc1cc2c(=O)n(CC(=O)NCC3(c4ccccc4Cl)CC3)cnc2s1. The van der Waals surface area contributed by atoms with E-state index in [0.29, 0.717) is 11.9 Å². The Balaban J connectivity index is 1.46. The summed E-state index contributed by atoms with van der Waals surface area (Å²) < 4.78 is 1.37. The molecule has 0 saturated heterocycles. The first kappa shape index (κ1) is 18.2. The Labute approximate surface area is 166 Å². The molecular formula is C20H20ClN3O2S. The van der Waals surface area contributed by atoms with Crippen LogP contribution in [0, 0.1) is 0 Å². The zero-order valence-corrected chi connectivity index (χ0v) is 16.6. The second-order valence-electron chi connectivity index (χ2n) is 7.00. The third-order valence-electron chi connectivity index (χ3n) is 5.15. The first-order chi connectivity index (χ1) is 13.0. The Hall–Kier alpha value is -2.18. The highest BCUT2D eigenvalue weighted by Gasteiger charge is 2.45. The Morgan fingerprint density at radius 2 is 2.15 bits per heavy atom. The molecule has 0 spiro atoms. The fraction of sp³-hybridized carbons (Fsp3) is 0.350. The number of nitrogens with one attached hydrogen (secondary N) is 1. The molecule has 1 amide bonds. The van der Waals surface area contributed by atoms with E-state index in [4.69, 9.17) is 11.6 Å². The summed E-state index contributed by atoms with van der Waals surface area (Å²) in [5, 5.41) is 4.29. The molecule has 0 radical (unpaired) electrons. The molecule has 4 rings (SSSR count). The molecule has 1 N–H and O–H groups in total. The summed E-state index contributed by atoms with van der Waals surface area (Å²) in [6.45, 7) is 2.54. The highest BCUT2D eigenvalue weighted by molar-refractivity contribution is 7.18. The summed E-state index contributed by atoms with van der Waals surface area (Å²) in [5.74, 6) is -0.192. The maximum atomic E-state index is 12.6. The topological polar surface area (TPSA) is 64.0 Å². The number of hydrogen-bond donors (Lipinski definition) is 1. The Morgan fingerprint density at radius 1 is 1.37 bits per heavy atom. The van der Waals surface area contributed by atoms with Gasteiger partial charge in [-0.05, 0) is 37.0 Å². The van der Waals surface area contributed by atoms with Crippen LogP contribution in [0.2, 0.25) is 5.02 Å². The van der Waals surface area contributed by atoms with Crippen LogP contribution in [-0.2, 0) is 23.2 Å². The van der Waals surface area contributed by atoms with Gasteiger partial charge in [0.15, 0.2) is 0 Å². The van der Waals surface area contributed by atoms with Crippen LogP contribution in [0.4, 0.5) is 0 Å². The zero-order chi connectivity index (χ0) is 19.0. The predicted molar refractivity (Wildman–Crippen MR) is 109 cm³/mol. The maximum absolute atomic E-state index is 12.6. The lowest BCUT2D eigenvalue weighted by atomic mass is 9.96. The highest BCUT2D eigenvalue weighted by Crippen LogP contribution is 2.49. The van der Waals surface area contributed by atoms with Crippen LogP contribution >= 0.6 is 22.9 Å². The number of rotatable bonds is 6. The van der Waals surface area contributed by atoms with E-state index in [-0.39, 0.29) is 23.4 Å². The molecule has 0 unspecified atom stereocenters. The summed E-state index contributed by atoms with van der Waals surface area (Å²) in [6, 6.07) is 9.65. The average Bonchev–Trinajstić information content (AvgIpc) is 3.33. The third kappa shape index (κ3) is 3.51. The number of aromatic nitrogens is 2. The van der Waals surface area contributed by atoms with E-state index in [1.165, 1.54) is 22.2 Å². The molecule has 140 valence electrons. The number of nitrogens with zero attached hydrogens (tertiary/aromatic N) is 2. The van der Waals surface area contributed by atoms with E-state index in [1.54, 1.807) is 0 Å². The molecule has 2 aromatic heterocycles. The normalized spacial score (nSPS) is 15.0. The molecule has 27 heavy (non-hydrogen) atoms. The molecule has 1 aliphatic carbocycles. The molecule has 2 heterocycles. The molecule has 1 saturated carbocycles. The van der Waals surface area contributed by atoms with Gasteiger partial charge in [0.2, 0.25) is 5.91 Å². The lowest BCUT2D eigenvalue weighted by Gasteiger charge is -2.18. The van der Waals surface area contributed by atoms with Gasteiger partial charge in [0, 0.05) is 21.9 Å². The standard InChI is InChI=1S/C20H20ClN3O2S/c1-2-13-9-14-18(27-13)23-12-24(19(14)26)10-17(25)22-11-20(7-8-20)15-5-3-4-6-16(15)21/h3-6,9,12H,2,7-8,10-11H2,1H3,(H,22,25). The Morgan fingerprint density at radius 3 is 2.85 bits per heavy atom. The van der Waals surface area contributed by atoms with E-state index < -0.39 is 0 Å². The number of carbonyl (C=O) groups is 1. The smallest absolute Gasteiger partial charge is 0.262 e. The first-order valence-corrected chi connectivity index (χ1v) is 10.2. The first-order valence-electron chi connectivity index (χ1n) is 9.02. The minimum Gasteiger partial charge on any atom is -0.354 e. The van der Waals surface area contributed by atoms with Crippen molar-refractivity contribution in [2.45, 2.75) is 38.1 Å². The summed E-state index contributed by atoms with van der Waals surface area (Å²) in [5.41, 5.74) is 0.834. The highest BCUT2D eigenvalue weighted by atomic mass is 35.5. The van der Waals surface area contributed by atoms with Crippen LogP contribution in [-0.4, -0.2) is 22.0 Å². The van der Waals surface area contributed by atoms with E-state index >= 15 is 0 Å². The van der Waals surface area contributed by atoms with Crippen molar-refractivity contribution in [1.82, 2.24) is 14.9 Å². The fourth-order valence-electron chi connectivity index (χ4n) is 3.36. The van der Waals surface area contributed by atoms with Crippen molar-refractivity contribution >= 4 is 39.1 Å². The van der Waals surface area contributed by atoms with Crippen molar-refractivity contribution in [3.63, 3.8) is 0 Å². The van der Waals surface area contributed by atoms with Crippen LogP contribution in [0.3, 0.4) is 0 Å². The summed E-state index contributed by atoms with van der Waals surface area (Å²) in [7, 11) is 0. The van der Waals surface area contributed by atoms with Gasteiger partial charge in [-0.15, -0.1) is 11.3 Å².